The lowest BCUT2D eigenvalue weighted by molar-refractivity contribution is -0.384. The van der Waals surface area contributed by atoms with Gasteiger partial charge in [-0.2, -0.15) is 0 Å². The Bertz CT molecular complexity index is 1110. The Hall–Kier alpha value is -3.52. The standard InChI is InChI=1S/C25H27N3O4S/c1-3-14-26(25(30)21-10-7-11-22(15-21)28(31)32)18-24(29)27(16-20-8-5-4-6-9-20)17-23-13-12-19(2)33-23/h4-13,15H,3,14,16-18H2,1-2H3. The van der Waals surface area contributed by atoms with Crippen LogP contribution in [0.15, 0.2) is 66.7 Å². The van der Waals surface area contributed by atoms with Crippen molar-refractivity contribution in [2.45, 2.75) is 33.4 Å². The fourth-order valence-electron chi connectivity index (χ4n) is 3.51. The second kappa shape index (κ2) is 11.4. The summed E-state index contributed by atoms with van der Waals surface area (Å²) in [6, 6.07) is 19.4. The van der Waals surface area contributed by atoms with Crippen molar-refractivity contribution in [3.63, 3.8) is 0 Å². The molecule has 8 heteroatoms. The van der Waals surface area contributed by atoms with E-state index in [9.17, 15) is 19.7 Å². The highest BCUT2D eigenvalue weighted by Gasteiger charge is 2.23. The van der Waals surface area contributed by atoms with E-state index < -0.39 is 4.92 Å². The number of nitro benzene ring substituents is 1. The summed E-state index contributed by atoms with van der Waals surface area (Å²) in [6.07, 6.45) is 0.663. The predicted molar refractivity (Wildman–Crippen MR) is 129 cm³/mol. The lowest BCUT2D eigenvalue weighted by Crippen LogP contribution is -2.42. The number of thiophene rings is 1. The van der Waals surface area contributed by atoms with E-state index in [4.69, 9.17) is 0 Å². The summed E-state index contributed by atoms with van der Waals surface area (Å²) in [4.78, 5) is 42.6. The van der Waals surface area contributed by atoms with Gasteiger partial charge in [-0.1, -0.05) is 43.3 Å². The molecule has 1 aromatic heterocycles. The first kappa shape index (κ1) is 24.1. The molecule has 3 aromatic rings. The zero-order valence-corrected chi connectivity index (χ0v) is 19.6. The van der Waals surface area contributed by atoms with Crippen LogP contribution in [0.3, 0.4) is 0 Å². The summed E-state index contributed by atoms with van der Waals surface area (Å²) in [5.41, 5.74) is 1.06. The number of hydrogen-bond donors (Lipinski definition) is 0. The van der Waals surface area contributed by atoms with E-state index in [1.165, 1.54) is 28.0 Å². The Labute approximate surface area is 197 Å². The van der Waals surface area contributed by atoms with Crippen molar-refractivity contribution >= 4 is 28.8 Å². The minimum atomic E-state index is -0.531. The second-order valence-corrected chi connectivity index (χ2v) is 9.15. The zero-order valence-electron chi connectivity index (χ0n) is 18.8. The molecule has 0 fully saturated rings. The third-order valence-electron chi connectivity index (χ3n) is 5.12. The van der Waals surface area contributed by atoms with Gasteiger partial charge in [0.2, 0.25) is 5.91 Å². The van der Waals surface area contributed by atoms with Crippen LogP contribution in [0.2, 0.25) is 0 Å². The fraction of sp³-hybridized carbons (Fsp3) is 0.280. The number of aryl methyl sites for hydroxylation is 1. The van der Waals surface area contributed by atoms with Gasteiger partial charge in [0, 0.05) is 40.5 Å². The molecule has 0 radical (unpaired) electrons. The highest BCUT2D eigenvalue weighted by atomic mass is 32.1. The van der Waals surface area contributed by atoms with Gasteiger partial charge in [-0.25, -0.2) is 0 Å². The highest BCUT2D eigenvalue weighted by molar-refractivity contribution is 7.11. The van der Waals surface area contributed by atoms with Gasteiger partial charge in [-0.15, -0.1) is 11.3 Å². The van der Waals surface area contributed by atoms with Crippen molar-refractivity contribution < 1.29 is 14.5 Å². The summed E-state index contributed by atoms with van der Waals surface area (Å²) in [7, 11) is 0. The van der Waals surface area contributed by atoms with Crippen molar-refractivity contribution in [3.05, 3.63) is 97.7 Å². The van der Waals surface area contributed by atoms with Gasteiger partial charge in [0.1, 0.15) is 6.54 Å². The molecule has 33 heavy (non-hydrogen) atoms. The number of non-ortho nitro benzene ring substituents is 1. The van der Waals surface area contributed by atoms with Crippen LogP contribution in [0.25, 0.3) is 0 Å². The quantitative estimate of drug-likeness (QED) is 0.310. The molecular formula is C25H27N3O4S. The lowest BCUT2D eigenvalue weighted by Gasteiger charge is -2.27. The smallest absolute Gasteiger partial charge is 0.270 e. The molecule has 0 aliphatic carbocycles. The molecular weight excluding hydrogens is 438 g/mol. The highest BCUT2D eigenvalue weighted by Crippen LogP contribution is 2.20. The number of rotatable bonds is 10. The maximum Gasteiger partial charge on any atom is 0.270 e. The molecule has 0 saturated carbocycles. The molecule has 7 nitrogen and oxygen atoms in total. The van der Waals surface area contributed by atoms with Crippen LogP contribution in [0.5, 0.6) is 0 Å². The van der Waals surface area contributed by atoms with Gasteiger partial charge >= 0.3 is 0 Å². The van der Waals surface area contributed by atoms with Gasteiger partial charge in [0.15, 0.2) is 0 Å². The number of benzene rings is 2. The summed E-state index contributed by atoms with van der Waals surface area (Å²) in [6.45, 7) is 5.13. The van der Waals surface area contributed by atoms with Crippen molar-refractivity contribution in [1.29, 1.82) is 0 Å². The van der Waals surface area contributed by atoms with Crippen molar-refractivity contribution in [2.75, 3.05) is 13.1 Å². The second-order valence-electron chi connectivity index (χ2n) is 7.78. The molecule has 0 aliphatic rings. The van der Waals surface area contributed by atoms with E-state index >= 15 is 0 Å². The zero-order chi connectivity index (χ0) is 23.8. The number of amides is 2. The van der Waals surface area contributed by atoms with Crippen LogP contribution >= 0.6 is 11.3 Å². The summed E-state index contributed by atoms with van der Waals surface area (Å²) in [5.74, 6) is -0.558. The average Bonchev–Trinajstić information content (AvgIpc) is 3.23. The third kappa shape index (κ3) is 6.73. The molecule has 0 N–H and O–H groups in total. The maximum absolute atomic E-state index is 13.4. The number of nitro groups is 1. The van der Waals surface area contributed by atoms with Crippen molar-refractivity contribution in [2.24, 2.45) is 0 Å². The van der Waals surface area contributed by atoms with E-state index in [2.05, 4.69) is 0 Å². The molecule has 2 aromatic carbocycles. The molecule has 0 unspecified atom stereocenters. The SMILES string of the molecule is CCCN(CC(=O)N(Cc1ccccc1)Cc1ccc(C)s1)C(=O)c1cccc([N+](=O)[O-])c1. The minimum absolute atomic E-state index is 0.0907. The van der Waals surface area contributed by atoms with E-state index in [1.807, 2.05) is 56.3 Å². The molecule has 0 spiro atoms. The Kier molecular flexibility index (Phi) is 8.32. The molecule has 172 valence electrons. The first-order chi connectivity index (χ1) is 15.9. The van der Waals surface area contributed by atoms with Gasteiger partial charge in [-0.05, 0) is 37.1 Å². The topological polar surface area (TPSA) is 83.8 Å². The van der Waals surface area contributed by atoms with Crippen molar-refractivity contribution in [3.8, 4) is 0 Å². The van der Waals surface area contributed by atoms with Crippen LogP contribution in [0.4, 0.5) is 5.69 Å². The summed E-state index contributed by atoms with van der Waals surface area (Å²) in [5, 5.41) is 11.1. The monoisotopic (exact) mass is 465 g/mol. The summed E-state index contributed by atoms with van der Waals surface area (Å²) < 4.78 is 0. The number of hydrogen-bond acceptors (Lipinski definition) is 5. The average molecular weight is 466 g/mol. The Morgan fingerprint density at radius 3 is 2.36 bits per heavy atom. The van der Waals surface area contributed by atoms with Crippen LogP contribution in [-0.2, 0) is 17.9 Å². The lowest BCUT2D eigenvalue weighted by atomic mass is 10.1. The van der Waals surface area contributed by atoms with Gasteiger partial charge in [0.25, 0.3) is 11.6 Å². The van der Waals surface area contributed by atoms with Crippen molar-refractivity contribution in [1.82, 2.24) is 9.80 Å². The Morgan fingerprint density at radius 2 is 1.73 bits per heavy atom. The Balaban J connectivity index is 1.81. The molecule has 3 rings (SSSR count). The van der Waals surface area contributed by atoms with E-state index in [0.29, 0.717) is 26.1 Å². The molecule has 0 atom stereocenters. The summed E-state index contributed by atoms with van der Waals surface area (Å²) >= 11 is 1.64. The van der Waals surface area contributed by atoms with E-state index in [-0.39, 0.29) is 29.6 Å². The van der Waals surface area contributed by atoms with Crippen LogP contribution in [0, 0.1) is 17.0 Å². The number of carbonyl (C=O) groups excluding carboxylic acids is 2. The minimum Gasteiger partial charge on any atom is -0.332 e. The molecule has 0 bridgehead atoms. The van der Waals surface area contributed by atoms with E-state index in [1.54, 1.807) is 22.3 Å². The maximum atomic E-state index is 13.4. The predicted octanol–water partition coefficient (Wildman–Crippen LogP) is 5.05. The van der Waals surface area contributed by atoms with Crippen LogP contribution in [-0.4, -0.2) is 39.6 Å². The van der Waals surface area contributed by atoms with Crippen LogP contribution in [0.1, 0.15) is 39.0 Å². The fourth-order valence-corrected chi connectivity index (χ4v) is 4.42. The first-order valence-electron chi connectivity index (χ1n) is 10.8. The molecule has 2 amide bonds. The number of nitrogens with zero attached hydrogens (tertiary/aromatic N) is 3. The molecule has 0 saturated heterocycles. The molecule has 0 aliphatic heterocycles. The Morgan fingerprint density at radius 1 is 0.970 bits per heavy atom. The van der Waals surface area contributed by atoms with Gasteiger partial charge in [0.05, 0.1) is 11.5 Å². The molecule has 1 heterocycles. The largest absolute Gasteiger partial charge is 0.332 e. The normalized spacial score (nSPS) is 10.6. The first-order valence-corrected chi connectivity index (χ1v) is 11.6. The number of carbonyl (C=O) groups is 2. The van der Waals surface area contributed by atoms with E-state index in [0.717, 1.165) is 10.4 Å². The third-order valence-corrected chi connectivity index (χ3v) is 6.11. The van der Waals surface area contributed by atoms with Gasteiger partial charge in [-0.3, -0.25) is 19.7 Å². The van der Waals surface area contributed by atoms with Crippen LogP contribution < -0.4 is 0 Å². The van der Waals surface area contributed by atoms with Gasteiger partial charge < -0.3 is 9.80 Å².